The Morgan fingerprint density at radius 3 is 0.652 bits per heavy atom. The van der Waals surface area contributed by atoms with Gasteiger partial charge in [0.15, 0.2) is 0 Å². The first-order chi connectivity index (χ1) is 43.5. The summed E-state index contributed by atoms with van der Waals surface area (Å²) in [5.74, 6) is 0. The zero-order valence-corrected chi connectivity index (χ0v) is 57.6. The number of benzene rings is 4. The molecule has 8 nitrogen and oxygen atoms in total. The van der Waals surface area contributed by atoms with Crippen molar-refractivity contribution in [2.75, 3.05) is 0 Å². The number of nitrogens with zero attached hydrogens (tertiary/aromatic N) is 4. The van der Waals surface area contributed by atoms with Gasteiger partial charge in [0.25, 0.3) is 0 Å². The molecule has 0 amide bonds. The fourth-order valence-electron chi connectivity index (χ4n) is 15.5. The molecule has 4 aromatic heterocycles. The van der Waals surface area contributed by atoms with E-state index in [1.807, 2.05) is 0 Å². The van der Waals surface area contributed by atoms with Crippen LogP contribution in [0.3, 0.4) is 0 Å². The summed E-state index contributed by atoms with van der Waals surface area (Å²) >= 11 is 0. The molecular weight excluding hydrogens is 1120 g/mol. The van der Waals surface area contributed by atoms with Crippen LogP contribution in [-0.2, 0) is 16.2 Å². The third kappa shape index (κ3) is 10.3. The van der Waals surface area contributed by atoms with Gasteiger partial charge in [0, 0.05) is 89.5 Å². The van der Waals surface area contributed by atoms with Crippen molar-refractivity contribution in [2.24, 2.45) is 25.4 Å². The van der Waals surface area contributed by atoms with Crippen LogP contribution in [0.15, 0.2) is 188 Å². The van der Waals surface area contributed by atoms with Crippen LogP contribution in [0.1, 0.15) is 190 Å². The van der Waals surface area contributed by atoms with E-state index in [-0.39, 0.29) is 0 Å². The number of nitrogens with one attached hydrogen (secondary N) is 4. The van der Waals surface area contributed by atoms with Gasteiger partial charge >= 0.3 is 0 Å². The fraction of sp³-hybridized carbons (Fsp3) is 0.286. The maximum absolute atomic E-state index is 5.66. The molecule has 9 heterocycles. The first kappa shape index (κ1) is 61.5. The summed E-state index contributed by atoms with van der Waals surface area (Å²) in [7, 11) is 0. The topological polar surface area (TPSA) is 113 Å². The Kier molecular flexibility index (Phi) is 14.8. The van der Waals surface area contributed by atoms with Crippen LogP contribution >= 0.6 is 0 Å². The van der Waals surface area contributed by atoms with E-state index in [9.17, 15) is 0 Å². The van der Waals surface area contributed by atoms with Gasteiger partial charge < -0.3 is 19.9 Å². The molecular formula is C84H88N8. The van der Waals surface area contributed by atoms with Gasteiger partial charge in [-0.3, -0.25) is 20.0 Å². The molecule has 0 unspecified atom stereocenters. The zero-order valence-electron chi connectivity index (χ0n) is 57.6. The second-order valence-corrected chi connectivity index (χ2v) is 29.1. The molecule has 5 aliphatic rings. The van der Waals surface area contributed by atoms with Crippen molar-refractivity contribution in [2.45, 2.75) is 155 Å². The summed E-state index contributed by atoms with van der Waals surface area (Å²) in [4.78, 5) is 38.7. The molecule has 0 atom stereocenters. The zero-order chi connectivity index (χ0) is 65.4. The second kappa shape index (κ2) is 22.2. The number of H-pyrrole nitrogens is 4. The van der Waals surface area contributed by atoms with Gasteiger partial charge in [0.2, 0.25) is 0 Å². The predicted molar refractivity (Wildman–Crippen MR) is 388 cm³/mol. The maximum Gasteiger partial charge on any atom is 0.0733 e. The molecule has 0 saturated heterocycles. The molecule has 4 N–H and O–H groups in total. The van der Waals surface area contributed by atoms with Gasteiger partial charge in [0.05, 0.1) is 45.6 Å². The number of aliphatic imine (C=N–C) groups is 4. The Balaban J connectivity index is 1.04. The molecule has 0 saturated carbocycles. The number of hydrogen-bond donors (Lipinski definition) is 4. The Labute approximate surface area is 545 Å². The summed E-state index contributed by atoms with van der Waals surface area (Å²) in [6, 6.07) is 36.4. The van der Waals surface area contributed by atoms with Crippen LogP contribution in [0.25, 0.3) is 22.3 Å². The van der Waals surface area contributed by atoms with Crippen LogP contribution in [-0.4, -0.2) is 42.8 Å². The van der Waals surface area contributed by atoms with Gasteiger partial charge in [-0.15, -0.1) is 0 Å². The van der Waals surface area contributed by atoms with E-state index >= 15 is 0 Å². The first-order valence-electron chi connectivity index (χ1n) is 32.7. The van der Waals surface area contributed by atoms with E-state index < -0.39 is 21.7 Å². The third-order valence-corrected chi connectivity index (χ3v) is 20.4. The lowest BCUT2D eigenvalue weighted by atomic mass is 9.82. The largest absolute Gasteiger partial charge is 0.358 e. The van der Waals surface area contributed by atoms with E-state index in [1.54, 1.807) is 0 Å². The monoisotopic (exact) mass is 1210 g/mol. The number of fused-ring (bicyclic) bond motifs is 12. The van der Waals surface area contributed by atoms with Gasteiger partial charge in [-0.2, -0.15) is 0 Å². The minimum atomic E-state index is -0.565. The van der Waals surface area contributed by atoms with Gasteiger partial charge in [-0.05, 0) is 302 Å². The summed E-state index contributed by atoms with van der Waals surface area (Å²) in [5.41, 5.74) is 37.4. The summed E-state index contributed by atoms with van der Waals surface area (Å²) in [5, 5.41) is 0. The van der Waals surface area contributed by atoms with E-state index in [0.29, 0.717) is 0 Å². The van der Waals surface area contributed by atoms with Crippen LogP contribution in [0, 0.1) is 88.5 Å². The number of aromatic nitrogens is 4. The highest BCUT2D eigenvalue weighted by Crippen LogP contribution is 2.45. The minimum absolute atomic E-state index is 0.470. The molecule has 13 rings (SSSR count). The Bertz CT molecular complexity index is 4500. The van der Waals surface area contributed by atoms with E-state index in [1.165, 1.54) is 89.0 Å². The number of rotatable bonds is 4. The standard InChI is InChI=1S/C84H88N8/c1-45-37-49(5)73(50(6)38-45)77-57-21-29-65(85-57)81(13,14)67-31-23-59(87-67)78(74-51(7)39-46(2)40-52(74)8)61-25-33-69(89-61)83(17,18)71-35-27-63(91-71)80(76-55(11)43-48(4)44-56(76)12)64-28-36-72(92-64)84(19,20)70-34-26-62(90-70)79(75-53(9)41-47(3)42-54(75)10)60-24-32-68(88-60)82(15,16)66-30-22-58(77)86-66/h21-44,85,87-88,91H,1-20H3/b77-58-,78-61+,79-62+,80-64+. The summed E-state index contributed by atoms with van der Waals surface area (Å²) in [6.45, 7) is 44.8. The van der Waals surface area contributed by atoms with Crippen LogP contribution in [0.4, 0.5) is 0 Å². The highest BCUT2D eigenvalue weighted by molar-refractivity contribution is 6.22. The van der Waals surface area contributed by atoms with Crippen LogP contribution in [0.5, 0.6) is 0 Å². The van der Waals surface area contributed by atoms with Gasteiger partial charge in [-0.1, -0.05) is 70.8 Å². The third-order valence-electron chi connectivity index (χ3n) is 20.4. The Morgan fingerprint density at radius 2 is 0.435 bits per heavy atom. The molecule has 464 valence electrons. The predicted octanol–water partition coefficient (Wildman–Crippen LogP) is 20.1. The maximum atomic E-state index is 5.66. The smallest absolute Gasteiger partial charge is 0.0733 e. The lowest BCUT2D eigenvalue weighted by molar-refractivity contribution is 0.602. The molecule has 0 fully saturated rings. The summed E-state index contributed by atoms with van der Waals surface area (Å²) in [6.07, 6.45) is 17.7. The second-order valence-electron chi connectivity index (χ2n) is 29.1. The quantitative estimate of drug-likeness (QED) is 0.135. The highest BCUT2D eigenvalue weighted by atomic mass is 14.9. The number of aromatic amines is 4. The van der Waals surface area contributed by atoms with Crippen LogP contribution < -0.4 is 0 Å². The normalized spacial score (nSPS) is 21.2. The number of hydrogen-bond acceptors (Lipinski definition) is 4. The van der Waals surface area contributed by atoms with Crippen molar-refractivity contribution in [3.05, 3.63) is 303 Å². The van der Waals surface area contributed by atoms with Gasteiger partial charge in [0.1, 0.15) is 0 Å². The molecule has 0 radical (unpaired) electrons. The average Bonchev–Trinajstić information content (AvgIpc) is 1.30. The number of aryl methyl sites for hydroxylation is 12. The fourth-order valence-corrected chi connectivity index (χ4v) is 15.5. The van der Waals surface area contributed by atoms with Crippen molar-refractivity contribution in [3.8, 4) is 0 Å². The molecule has 5 aliphatic heterocycles. The highest BCUT2D eigenvalue weighted by Gasteiger charge is 2.38. The molecule has 16 bridgehead atoms. The van der Waals surface area contributed by atoms with Crippen molar-refractivity contribution in [1.82, 2.24) is 19.9 Å². The molecule has 4 aromatic carbocycles. The molecule has 92 heavy (non-hydrogen) atoms. The van der Waals surface area contributed by atoms with Crippen molar-refractivity contribution >= 4 is 45.1 Å². The molecule has 8 heteroatoms. The van der Waals surface area contributed by atoms with Crippen molar-refractivity contribution in [1.29, 1.82) is 0 Å². The van der Waals surface area contributed by atoms with Crippen LogP contribution in [0.2, 0.25) is 0 Å². The van der Waals surface area contributed by atoms with E-state index in [0.717, 1.165) is 113 Å². The molecule has 0 spiro atoms. The molecule has 8 aromatic rings. The lowest BCUT2D eigenvalue weighted by Crippen LogP contribution is -2.30. The SMILES string of the molecule is Cc1cc(C)c(/C2=C3\C=CC(=N3)C(C)(C)C3=N/C(=C(/c4c(C)cc(C)cc4C)c4ccc([nH]4)C(C)(C)C4=N/C(=C(\c5c(C)cc(C)cc5C)c5ccc([nH]5)C(C)(C)c5ccc([nH]5)/C(c5c(C)cc(C)cc5C)=C5/C=CC(=N5)C(C)(C)c5ccc2[nH]5)C=C4)C=C3)c(C)c1. The van der Waals surface area contributed by atoms with E-state index in [4.69, 9.17) is 20.0 Å². The number of allylic oxidation sites excluding steroid dienone is 8. The van der Waals surface area contributed by atoms with Crippen molar-refractivity contribution < 1.29 is 0 Å². The Hall–Kier alpha value is -9.40. The van der Waals surface area contributed by atoms with Crippen molar-refractivity contribution in [3.63, 3.8) is 0 Å². The first-order valence-corrected chi connectivity index (χ1v) is 32.7. The van der Waals surface area contributed by atoms with Gasteiger partial charge in [-0.25, -0.2) is 0 Å². The average molecular weight is 1210 g/mol. The summed E-state index contributed by atoms with van der Waals surface area (Å²) < 4.78 is 0. The lowest BCUT2D eigenvalue weighted by Gasteiger charge is -2.24. The molecule has 0 aliphatic carbocycles. The van der Waals surface area contributed by atoms with E-state index in [2.05, 4.69) is 304 Å². The minimum Gasteiger partial charge on any atom is -0.358 e. The Morgan fingerprint density at radius 1 is 0.239 bits per heavy atom.